The second kappa shape index (κ2) is 6.37. The highest BCUT2D eigenvalue weighted by Crippen LogP contribution is 2.20. The van der Waals surface area contributed by atoms with Crippen LogP contribution in [0.25, 0.3) is 0 Å². The van der Waals surface area contributed by atoms with Crippen LogP contribution in [0.2, 0.25) is 0 Å². The van der Waals surface area contributed by atoms with Gasteiger partial charge in [0, 0.05) is 17.2 Å². The van der Waals surface area contributed by atoms with E-state index in [1.807, 2.05) is 0 Å². The molecule has 1 aliphatic rings. The van der Waals surface area contributed by atoms with Crippen molar-refractivity contribution in [3.8, 4) is 0 Å². The first-order chi connectivity index (χ1) is 9.52. The van der Waals surface area contributed by atoms with Crippen LogP contribution in [0.4, 0.5) is 5.69 Å². The number of rotatable bonds is 5. The van der Waals surface area contributed by atoms with Crippen molar-refractivity contribution in [1.82, 2.24) is 5.32 Å². The number of sulfonamides is 1. The van der Waals surface area contributed by atoms with Gasteiger partial charge >= 0.3 is 0 Å². The standard InChI is InChI=1S/C14H20N2O3S/c1-2-20(18,19)16-13-5-3-11(4-6-13)14(17)12-7-9-15-10-8-12/h3-6,12,15-16H,2,7-10H2,1H3. The van der Waals surface area contributed by atoms with Crippen molar-refractivity contribution in [2.75, 3.05) is 23.6 Å². The topological polar surface area (TPSA) is 75.3 Å². The molecule has 0 aliphatic carbocycles. The maximum Gasteiger partial charge on any atom is 0.232 e. The molecule has 0 atom stereocenters. The number of ketones is 1. The fraction of sp³-hybridized carbons (Fsp3) is 0.500. The van der Waals surface area contributed by atoms with Gasteiger partial charge in [-0.1, -0.05) is 0 Å². The summed E-state index contributed by atoms with van der Waals surface area (Å²) < 4.78 is 25.4. The van der Waals surface area contributed by atoms with Gasteiger partial charge in [0.25, 0.3) is 0 Å². The maximum absolute atomic E-state index is 12.3. The number of hydrogen-bond donors (Lipinski definition) is 2. The van der Waals surface area contributed by atoms with Crippen molar-refractivity contribution >= 4 is 21.5 Å². The Balaban J connectivity index is 2.06. The number of carbonyl (C=O) groups is 1. The molecule has 1 aliphatic heterocycles. The molecule has 1 aromatic carbocycles. The first kappa shape index (κ1) is 15.0. The normalized spacial score (nSPS) is 16.9. The number of piperidine rings is 1. The number of carbonyl (C=O) groups excluding carboxylic acids is 1. The van der Waals surface area contributed by atoms with Crippen LogP contribution in [0.1, 0.15) is 30.1 Å². The van der Waals surface area contributed by atoms with Crippen LogP contribution >= 0.6 is 0 Å². The summed E-state index contributed by atoms with van der Waals surface area (Å²) in [4.78, 5) is 12.3. The summed E-state index contributed by atoms with van der Waals surface area (Å²) in [6.07, 6.45) is 1.73. The smallest absolute Gasteiger partial charge is 0.232 e. The van der Waals surface area contributed by atoms with E-state index < -0.39 is 10.0 Å². The average molecular weight is 296 g/mol. The minimum Gasteiger partial charge on any atom is -0.317 e. The SMILES string of the molecule is CCS(=O)(=O)Nc1ccc(C(=O)C2CCNCC2)cc1. The summed E-state index contributed by atoms with van der Waals surface area (Å²) in [5, 5.41) is 3.23. The molecule has 1 saturated heterocycles. The molecule has 20 heavy (non-hydrogen) atoms. The van der Waals surface area contributed by atoms with Crippen molar-refractivity contribution in [1.29, 1.82) is 0 Å². The monoisotopic (exact) mass is 296 g/mol. The minimum absolute atomic E-state index is 0.0305. The molecule has 1 fully saturated rings. The van der Waals surface area contributed by atoms with E-state index in [-0.39, 0.29) is 17.5 Å². The van der Waals surface area contributed by atoms with E-state index in [0.29, 0.717) is 11.3 Å². The van der Waals surface area contributed by atoms with E-state index in [9.17, 15) is 13.2 Å². The van der Waals surface area contributed by atoms with Crippen molar-refractivity contribution < 1.29 is 13.2 Å². The molecule has 0 saturated carbocycles. The average Bonchev–Trinajstić information content (AvgIpc) is 2.48. The molecule has 0 radical (unpaired) electrons. The Bertz CT molecular complexity index is 561. The largest absolute Gasteiger partial charge is 0.317 e. The van der Waals surface area contributed by atoms with Gasteiger partial charge in [-0.05, 0) is 57.1 Å². The molecule has 0 amide bonds. The molecule has 1 aromatic rings. The van der Waals surface area contributed by atoms with Gasteiger partial charge in [0.1, 0.15) is 0 Å². The Morgan fingerprint density at radius 1 is 1.25 bits per heavy atom. The Kier molecular flexibility index (Phi) is 4.77. The van der Waals surface area contributed by atoms with Crippen LogP contribution in [-0.4, -0.2) is 33.0 Å². The highest BCUT2D eigenvalue weighted by atomic mass is 32.2. The Hall–Kier alpha value is -1.40. The van der Waals surface area contributed by atoms with Gasteiger partial charge in [-0.2, -0.15) is 0 Å². The number of nitrogens with one attached hydrogen (secondary N) is 2. The molecular weight excluding hydrogens is 276 g/mol. The molecule has 0 unspecified atom stereocenters. The zero-order valence-corrected chi connectivity index (χ0v) is 12.4. The van der Waals surface area contributed by atoms with Crippen LogP contribution in [0.5, 0.6) is 0 Å². The summed E-state index contributed by atoms with van der Waals surface area (Å²) >= 11 is 0. The van der Waals surface area contributed by atoms with Crippen molar-refractivity contribution in [2.45, 2.75) is 19.8 Å². The lowest BCUT2D eigenvalue weighted by atomic mass is 9.89. The van der Waals surface area contributed by atoms with Crippen molar-refractivity contribution in [2.24, 2.45) is 5.92 Å². The molecule has 1 heterocycles. The second-order valence-corrected chi connectivity index (χ2v) is 6.98. The molecular formula is C14H20N2O3S. The minimum atomic E-state index is -3.27. The summed E-state index contributed by atoms with van der Waals surface area (Å²) in [5.74, 6) is 0.258. The number of anilines is 1. The summed E-state index contributed by atoms with van der Waals surface area (Å²) in [6.45, 7) is 3.34. The number of hydrogen-bond acceptors (Lipinski definition) is 4. The fourth-order valence-electron chi connectivity index (χ4n) is 2.27. The van der Waals surface area contributed by atoms with Gasteiger partial charge in [0.15, 0.2) is 5.78 Å². The first-order valence-electron chi connectivity index (χ1n) is 6.87. The highest BCUT2D eigenvalue weighted by molar-refractivity contribution is 7.92. The van der Waals surface area contributed by atoms with Crippen LogP contribution in [0.15, 0.2) is 24.3 Å². The van der Waals surface area contributed by atoms with Crippen molar-refractivity contribution in [3.63, 3.8) is 0 Å². The van der Waals surface area contributed by atoms with E-state index in [4.69, 9.17) is 0 Å². The van der Waals surface area contributed by atoms with Crippen LogP contribution in [-0.2, 0) is 10.0 Å². The van der Waals surface area contributed by atoms with E-state index in [1.54, 1.807) is 31.2 Å². The van der Waals surface area contributed by atoms with E-state index in [0.717, 1.165) is 25.9 Å². The van der Waals surface area contributed by atoms with Gasteiger partial charge in [-0.3, -0.25) is 9.52 Å². The summed E-state index contributed by atoms with van der Waals surface area (Å²) in [5.41, 5.74) is 1.14. The Morgan fingerprint density at radius 2 is 1.85 bits per heavy atom. The van der Waals surface area contributed by atoms with Gasteiger partial charge < -0.3 is 5.32 Å². The quantitative estimate of drug-likeness (QED) is 0.810. The molecule has 0 aromatic heterocycles. The lowest BCUT2D eigenvalue weighted by Crippen LogP contribution is -2.31. The van der Waals surface area contributed by atoms with Crippen LogP contribution in [0, 0.1) is 5.92 Å². The van der Waals surface area contributed by atoms with Gasteiger partial charge in [0.2, 0.25) is 10.0 Å². The molecule has 5 nitrogen and oxygen atoms in total. The highest BCUT2D eigenvalue weighted by Gasteiger charge is 2.22. The molecule has 6 heteroatoms. The zero-order valence-electron chi connectivity index (χ0n) is 11.6. The Morgan fingerprint density at radius 3 is 2.40 bits per heavy atom. The van der Waals surface area contributed by atoms with Crippen molar-refractivity contribution in [3.05, 3.63) is 29.8 Å². The maximum atomic E-state index is 12.3. The summed E-state index contributed by atoms with van der Waals surface area (Å²) in [6, 6.07) is 6.67. The van der Waals surface area contributed by atoms with Crippen LogP contribution < -0.4 is 10.0 Å². The zero-order chi connectivity index (χ0) is 14.6. The molecule has 110 valence electrons. The number of benzene rings is 1. The van der Waals surface area contributed by atoms with E-state index in [2.05, 4.69) is 10.0 Å². The van der Waals surface area contributed by atoms with E-state index >= 15 is 0 Å². The lowest BCUT2D eigenvalue weighted by molar-refractivity contribution is 0.0895. The molecule has 2 rings (SSSR count). The second-order valence-electron chi connectivity index (χ2n) is 4.97. The lowest BCUT2D eigenvalue weighted by Gasteiger charge is -2.21. The van der Waals surface area contributed by atoms with Gasteiger partial charge in [0.05, 0.1) is 5.75 Å². The van der Waals surface area contributed by atoms with Gasteiger partial charge in [-0.25, -0.2) is 8.42 Å². The predicted octanol–water partition coefficient (Wildman–Crippen LogP) is 1.63. The van der Waals surface area contributed by atoms with Crippen LogP contribution in [0.3, 0.4) is 0 Å². The molecule has 2 N–H and O–H groups in total. The first-order valence-corrected chi connectivity index (χ1v) is 8.52. The fourth-order valence-corrected chi connectivity index (χ4v) is 2.91. The third kappa shape index (κ3) is 3.80. The van der Waals surface area contributed by atoms with E-state index in [1.165, 1.54) is 0 Å². The molecule has 0 spiro atoms. The summed E-state index contributed by atoms with van der Waals surface area (Å²) in [7, 11) is -3.27. The third-order valence-corrected chi connectivity index (χ3v) is 4.84. The third-order valence-electron chi connectivity index (χ3n) is 3.53. The predicted molar refractivity (Wildman–Crippen MR) is 79.4 cm³/mol. The van der Waals surface area contributed by atoms with Gasteiger partial charge in [-0.15, -0.1) is 0 Å². The molecule has 0 bridgehead atoms. The number of Topliss-reactive ketones (excluding diaryl/α,β-unsaturated/α-hetero) is 1. The Labute approximate surface area is 119 Å².